The molecule has 0 saturated heterocycles. The van der Waals surface area contributed by atoms with Gasteiger partial charge in [0.05, 0.1) is 23.5 Å². The summed E-state index contributed by atoms with van der Waals surface area (Å²) in [5, 5.41) is 8.15. The molecular weight excluding hydrogens is 304 g/mol. The van der Waals surface area contributed by atoms with Crippen LogP contribution in [0.1, 0.15) is 42.4 Å². The summed E-state index contributed by atoms with van der Waals surface area (Å²) in [5.74, 6) is -0.0839. The van der Waals surface area contributed by atoms with Crippen molar-refractivity contribution in [2.45, 2.75) is 39.8 Å². The third-order valence-corrected chi connectivity index (χ3v) is 3.87. The van der Waals surface area contributed by atoms with Crippen molar-refractivity contribution >= 4 is 16.9 Å². The maximum absolute atomic E-state index is 12.6. The summed E-state index contributed by atoms with van der Waals surface area (Å²) in [4.78, 5) is 21.1. The highest BCUT2D eigenvalue weighted by molar-refractivity contribution is 6.05. The molecule has 0 fully saturated rings. The van der Waals surface area contributed by atoms with Crippen LogP contribution in [0.3, 0.4) is 0 Å². The molecule has 0 aliphatic carbocycles. The number of aryl methyl sites for hydroxylation is 2. The molecule has 3 aromatic heterocycles. The first-order chi connectivity index (χ1) is 11.6. The topological polar surface area (TPSA) is 77.6 Å². The number of amides is 1. The second-order valence-corrected chi connectivity index (χ2v) is 6.14. The normalized spacial score (nSPS) is 11.3. The van der Waals surface area contributed by atoms with Gasteiger partial charge in [-0.15, -0.1) is 0 Å². The summed E-state index contributed by atoms with van der Waals surface area (Å²) < 4.78 is 3.84. The molecule has 3 heterocycles. The number of imidazole rings is 1. The van der Waals surface area contributed by atoms with Gasteiger partial charge in [0, 0.05) is 37.2 Å². The second kappa shape index (κ2) is 6.82. The summed E-state index contributed by atoms with van der Waals surface area (Å²) in [6.45, 7) is 7.43. The first kappa shape index (κ1) is 16.2. The number of fused-ring (bicyclic) bond motifs is 1. The zero-order chi connectivity index (χ0) is 17.1. The first-order valence-corrected chi connectivity index (χ1v) is 8.15. The van der Waals surface area contributed by atoms with E-state index in [2.05, 4.69) is 20.4 Å². The van der Waals surface area contributed by atoms with E-state index in [9.17, 15) is 4.79 Å². The second-order valence-electron chi connectivity index (χ2n) is 6.14. The molecule has 0 saturated carbocycles. The Morgan fingerprint density at radius 2 is 2.21 bits per heavy atom. The van der Waals surface area contributed by atoms with Crippen LogP contribution >= 0.6 is 0 Å². The smallest absolute Gasteiger partial charge is 0.252 e. The minimum atomic E-state index is -0.0839. The van der Waals surface area contributed by atoms with E-state index in [-0.39, 0.29) is 11.9 Å². The Hall–Kier alpha value is -2.70. The molecule has 7 heteroatoms. The maximum atomic E-state index is 12.6. The largest absolute Gasteiger partial charge is 0.352 e. The first-order valence-electron chi connectivity index (χ1n) is 8.15. The molecular formula is C17H22N6O. The van der Waals surface area contributed by atoms with Crippen LogP contribution in [0, 0.1) is 6.92 Å². The number of hydrogen-bond acceptors (Lipinski definition) is 4. The van der Waals surface area contributed by atoms with E-state index in [0.717, 1.165) is 29.7 Å². The molecule has 0 radical (unpaired) electrons. The highest BCUT2D eigenvalue weighted by Crippen LogP contribution is 2.20. The number of rotatable bonds is 6. The van der Waals surface area contributed by atoms with Crippen LogP contribution in [0.2, 0.25) is 0 Å². The fourth-order valence-corrected chi connectivity index (χ4v) is 2.69. The van der Waals surface area contributed by atoms with Gasteiger partial charge in [0.2, 0.25) is 0 Å². The van der Waals surface area contributed by atoms with Crippen molar-refractivity contribution in [3.63, 3.8) is 0 Å². The average molecular weight is 326 g/mol. The Bertz CT molecular complexity index is 834. The molecule has 3 aromatic rings. The average Bonchev–Trinajstić information content (AvgIpc) is 3.19. The minimum Gasteiger partial charge on any atom is -0.352 e. The molecule has 0 bridgehead atoms. The fourth-order valence-electron chi connectivity index (χ4n) is 2.69. The van der Waals surface area contributed by atoms with E-state index in [1.165, 1.54) is 0 Å². The lowest BCUT2D eigenvalue weighted by atomic mass is 10.1. The Kier molecular flexibility index (Phi) is 4.59. The van der Waals surface area contributed by atoms with Crippen molar-refractivity contribution in [2.75, 3.05) is 6.54 Å². The molecule has 3 rings (SSSR count). The summed E-state index contributed by atoms with van der Waals surface area (Å²) in [6, 6.07) is 2.02. The van der Waals surface area contributed by atoms with E-state index in [0.29, 0.717) is 12.1 Å². The Labute approximate surface area is 140 Å². The Morgan fingerprint density at radius 1 is 1.38 bits per heavy atom. The van der Waals surface area contributed by atoms with Gasteiger partial charge >= 0.3 is 0 Å². The third kappa shape index (κ3) is 3.29. The van der Waals surface area contributed by atoms with Crippen molar-refractivity contribution in [3.8, 4) is 0 Å². The van der Waals surface area contributed by atoms with Gasteiger partial charge < -0.3 is 9.88 Å². The third-order valence-electron chi connectivity index (χ3n) is 3.87. The predicted molar refractivity (Wildman–Crippen MR) is 91.8 cm³/mol. The molecule has 0 atom stereocenters. The maximum Gasteiger partial charge on any atom is 0.252 e. The molecule has 7 nitrogen and oxygen atoms in total. The standard InChI is InChI=1S/C17H22N6O/c1-12(2)23-16-15(10-20-23)14(9-13(3)21-16)17(24)19-5-4-7-22-8-6-18-11-22/h6,8-12H,4-5,7H2,1-3H3,(H,19,24). The minimum absolute atomic E-state index is 0.0839. The molecule has 1 N–H and O–H groups in total. The summed E-state index contributed by atoms with van der Waals surface area (Å²) in [5.41, 5.74) is 2.20. The molecule has 0 unspecified atom stereocenters. The molecule has 0 aliphatic heterocycles. The van der Waals surface area contributed by atoms with E-state index >= 15 is 0 Å². The van der Waals surface area contributed by atoms with Crippen molar-refractivity contribution in [2.24, 2.45) is 0 Å². The SMILES string of the molecule is Cc1cc(C(=O)NCCCn2ccnc2)c2cnn(C(C)C)c2n1. The number of pyridine rings is 1. The van der Waals surface area contributed by atoms with E-state index in [4.69, 9.17) is 0 Å². The van der Waals surface area contributed by atoms with Crippen LogP contribution in [-0.4, -0.2) is 36.8 Å². The van der Waals surface area contributed by atoms with Crippen molar-refractivity contribution in [1.29, 1.82) is 0 Å². The highest BCUT2D eigenvalue weighted by atomic mass is 16.1. The van der Waals surface area contributed by atoms with Crippen molar-refractivity contribution in [3.05, 3.63) is 42.2 Å². The van der Waals surface area contributed by atoms with Crippen LogP contribution < -0.4 is 5.32 Å². The van der Waals surface area contributed by atoms with Gasteiger partial charge in [-0.25, -0.2) is 14.6 Å². The number of nitrogens with zero attached hydrogens (tertiary/aromatic N) is 5. The van der Waals surface area contributed by atoms with Gasteiger partial charge in [0.15, 0.2) is 5.65 Å². The number of carbonyl (C=O) groups excluding carboxylic acids is 1. The zero-order valence-electron chi connectivity index (χ0n) is 14.2. The van der Waals surface area contributed by atoms with Gasteiger partial charge in [-0.1, -0.05) is 0 Å². The molecule has 24 heavy (non-hydrogen) atoms. The summed E-state index contributed by atoms with van der Waals surface area (Å²) in [6.07, 6.45) is 8.01. The fraction of sp³-hybridized carbons (Fsp3) is 0.412. The lowest BCUT2D eigenvalue weighted by Gasteiger charge is -2.09. The van der Waals surface area contributed by atoms with Gasteiger partial charge in [-0.2, -0.15) is 5.10 Å². The van der Waals surface area contributed by atoms with E-state index in [1.54, 1.807) is 18.7 Å². The lowest BCUT2D eigenvalue weighted by molar-refractivity contribution is 0.0954. The molecule has 0 spiro atoms. The molecule has 1 amide bonds. The predicted octanol–water partition coefficient (Wildman–Crippen LogP) is 2.34. The molecule has 126 valence electrons. The van der Waals surface area contributed by atoms with E-state index in [1.807, 2.05) is 42.3 Å². The van der Waals surface area contributed by atoms with Crippen LogP contribution in [0.15, 0.2) is 31.0 Å². The number of aromatic nitrogens is 5. The van der Waals surface area contributed by atoms with Gasteiger partial charge in [-0.3, -0.25) is 4.79 Å². The zero-order valence-corrected chi connectivity index (χ0v) is 14.2. The van der Waals surface area contributed by atoms with Crippen LogP contribution in [0.5, 0.6) is 0 Å². The molecule has 0 aromatic carbocycles. The Balaban J connectivity index is 1.72. The van der Waals surface area contributed by atoms with Gasteiger partial charge in [-0.05, 0) is 33.3 Å². The quantitative estimate of drug-likeness (QED) is 0.705. The monoisotopic (exact) mass is 326 g/mol. The van der Waals surface area contributed by atoms with Crippen LogP contribution in [0.4, 0.5) is 0 Å². The van der Waals surface area contributed by atoms with Gasteiger partial charge in [0.1, 0.15) is 0 Å². The number of hydrogen-bond donors (Lipinski definition) is 1. The van der Waals surface area contributed by atoms with Crippen molar-refractivity contribution < 1.29 is 4.79 Å². The Morgan fingerprint density at radius 3 is 2.92 bits per heavy atom. The van der Waals surface area contributed by atoms with Crippen molar-refractivity contribution in [1.82, 2.24) is 29.6 Å². The lowest BCUT2D eigenvalue weighted by Crippen LogP contribution is -2.25. The summed E-state index contributed by atoms with van der Waals surface area (Å²) in [7, 11) is 0. The van der Waals surface area contributed by atoms with Crippen LogP contribution in [0.25, 0.3) is 11.0 Å². The summed E-state index contributed by atoms with van der Waals surface area (Å²) >= 11 is 0. The van der Waals surface area contributed by atoms with Crippen LogP contribution in [-0.2, 0) is 6.54 Å². The number of carbonyl (C=O) groups is 1. The van der Waals surface area contributed by atoms with Gasteiger partial charge in [0.25, 0.3) is 5.91 Å². The number of nitrogens with one attached hydrogen (secondary N) is 1. The molecule has 0 aliphatic rings. The highest BCUT2D eigenvalue weighted by Gasteiger charge is 2.16. The van der Waals surface area contributed by atoms with E-state index < -0.39 is 0 Å².